The highest BCUT2D eigenvalue weighted by molar-refractivity contribution is 5.13. The van der Waals surface area contributed by atoms with Crippen molar-refractivity contribution in [1.29, 1.82) is 0 Å². The van der Waals surface area contributed by atoms with Gasteiger partial charge in [0.25, 0.3) is 0 Å². The number of aromatic nitrogens is 1. The second kappa shape index (κ2) is 5.36. The van der Waals surface area contributed by atoms with Crippen molar-refractivity contribution in [2.24, 2.45) is 11.3 Å². The van der Waals surface area contributed by atoms with Gasteiger partial charge in [-0.2, -0.15) is 0 Å². The predicted molar refractivity (Wildman–Crippen MR) is 87.0 cm³/mol. The summed E-state index contributed by atoms with van der Waals surface area (Å²) in [5.74, 6) is 0.864. The highest BCUT2D eigenvalue weighted by Crippen LogP contribution is 2.45. The molecule has 1 N–H and O–H groups in total. The average molecular weight is 287 g/mol. The van der Waals surface area contributed by atoms with Crippen LogP contribution in [-0.4, -0.2) is 34.6 Å². The number of pyridine rings is 1. The summed E-state index contributed by atoms with van der Waals surface area (Å²) in [6, 6.07) is 4.81. The standard InChI is InChI=1S/C18H29N3/c1-17(2,3)16-12-21(11-14-6-5-9-19-10-14)18(4,13-20-16)15-7-8-15/h5-6,9-10,15-16,20H,7-8,11-13H2,1-4H3. The van der Waals surface area contributed by atoms with Crippen LogP contribution in [0.4, 0.5) is 0 Å². The van der Waals surface area contributed by atoms with Gasteiger partial charge in [-0.05, 0) is 42.7 Å². The highest BCUT2D eigenvalue weighted by Gasteiger charge is 2.49. The molecular formula is C18H29N3. The molecule has 2 atom stereocenters. The van der Waals surface area contributed by atoms with Crippen molar-refractivity contribution in [2.45, 2.75) is 58.7 Å². The molecule has 0 aromatic carbocycles. The first-order chi connectivity index (χ1) is 9.89. The Morgan fingerprint density at radius 3 is 2.71 bits per heavy atom. The van der Waals surface area contributed by atoms with Crippen LogP contribution in [0.15, 0.2) is 24.5 Å². The molecule has 1 aromatic heterocycles. The van der Waals surface area contributed by atoms with Gasteiger partial charge >= 0.3 is 0 Å². The molecule has 0 spiro atoms. The third kappa shape index (κ3) is 3.14. The van der Waals surface area contributed by atoms with Gasteiger partial charge in [0, 0.05) is 43.6 Å². The molecule has 2 aliphatic rings. The zero-order valence-corrected chi connectivity index (χ0v) is 13.9. The molecule has 1 aliphatic carbocycles. The summed E-state index contributed by atoms with van der Waals surface area (Å²) in [6.45, 7) is 12.7. The van der Waals surface area contributed by atoms with Crippen molar-refractivity contribution in [3.63, 3.8) is 0 Å². The number of hydrogen-bond donors (Lipinski definition) is 1. The van der Waals surface area contributed by atoms with E-state index < -0.39 is 0 Å². The molecule has 1 saturated heterocycles. The van der Waals surface area contributed by atoms with Gasteiger partial charge < -0.3 is 5.32 Å². The largest absolute Gasteiger partial charge is 0.310 e. The summed E-state index contributed by atoms with van der Waals surface area (Å²) in [5, 5.41) is 3.83. The average Bonchev–Trinajstić information content (AvgIpc) is 3.26. The zero-order valence-electron chi connectivity index (χ0n) is 13.9. The Morgan fingerprint density at radius 2 is 2.14 bits per heavy atom. The second-order valence-corrected chi connectivity index (χ2v) is 8.17. The van der Waals surface area contributed by atoms with E-state index in [1.807, 2.05) is 18.5 Å². The van der Waals surface area contributed by atoms with Gasteiger partial charge in [-0.1, -0.05) is 26.8 Å². The minimum atomic E-state index is 0.303. The molecule has 116 valence electrons. The molecule has 21 heavy (non-hydrogen) atoms. The van der Waals surface area contributed by atoms with Gasteiger partial charge in [-0.15, -0.1) is 0 Å². The van der Waals surface area contributed by atoms with E-state index >= 15 is 0 Å². The molecule has 3 rings (SSSR count). The number of piperazine rings is 1. The number of nitrogens with one attached hydrogen (secondary N) is 1. The predicted octanol–water partition coefficient (Wildman–Crippen LogP) is 3.07. The third-order valence-electron chi connectivity index (χ3n) is 5.43. The minimum absolute atomic E-state index is 0.303. The topological polar surface area (TPSA) is 28.2 Å². The number of hydrogen-bond acceptors (Lipinski definition) is 3. The molecule has 1 aromatic rings. The summed E-state index contributed by atoms with van der Waals surface area (Å²) in [4.78, 5) is 7.00. The highest BCUT2D eigenvalue weighted by atomic mass is 15.3. The quantitative estimate of drug-likeness (QED) is 0.926. The first-order valence-electron chi connectivity index (χ1n) is 8.27. The normalized spacial score (nSPS) is 31.3. The molecule has 0 bridgehead atoms. The van der Waals surface area contributed by atoms with Crippen molar-refractivity contribution in [1.82, 2.24) is 15.2 Å². The second-order valence-electron chi connectivity index (χ2n) is 8.17. The fraction of sp³-hybridized carbons (Fsp3) is 0.722. The van der Waals surface area contributed by atoms with E-state index in [1.165, 1.54) is 18.4 Å². The van der Waals surface area contributed by atoms with E-state index in [9.17, 15) is 0 Å². The SMILES string of the molecule is CC(C)(C)C1CN(Cc2cccnc2)C(C)(C2CC2)CN1. The Labute approximate surface area is 129 Å². The Kier molecular flexibility index (Phi) is 3.83. The van der Waals surface area contributed by atoms with Gasteiger partial charge in [-0.3, -0.25) is 9.88 Å². The van der Waals surface area contributed by atoms with E-state index in [-0.39, 0.29) is 0 Å². The fourth-order valence-corrected chi connectivity index (χ4v) is 3.58. The van der Waals surface area contributed by atoms with Gasteiger partial charge in [0.15, 0.2) is 0 Å². The van der Waals surface area contributed by atoms with E-state index in [0.29, 0.717) is 17.0 Å². The third-order valence-corrected chi connectivity index (χ3v) is 5.43. The van der Waals surface area contributed by atoms with Crippen LogP contribution in [0.3, 0.4) is 0 Å². The molecule has 1 aliphatic heterocycles. The Morgan fingerprint density at radius 1 is 1.38 bits per heavy atom. The van der Waals surface area contributed by atoms with Gasteiger partial charge in [0.1, 0.15) is 0 Å². The minimum Gasteiger partial charge on any atom is -0.310 e. The van der Waals surface area contributed by atoms with E-state index in [4.69, 9.17) is 0 Å². The Bertz CT molecular complexity index is 475. The zero-order chi connectivity index (χ0) is 15.1. The maximum atomic E-state index is 4.28. The monoisotopic (exact) mass is 287 g/mol. The lowest BCUT2D eigenvalue weighted by Gasteiger charge is -2.51. The lowest BCUT2D eigenvalue weighted by Crippen LogP contribution is -2.66. The molecule has 2 unspecified atom stereocenters. The lowest BCUT2D eigenvalue weighted by molar-refractivity contribution is 0.00412. The Hall–Kier alpha value is -0.930. The van der Waals surface area contributed by atoms with E-state index in [0.717, 1.165) is 25.6 Å². The lowest BCUT2D eigenvalue weighted by atomic mass is 9.81. The van der Waals surface area contributed by atoms with Crippen LogP contribution in [0.2, 0.25) is 0 Å². The molecule has 0 radical (unpaired) electrons. The number of rotatable bonds is 3. The smallest absolute Gasteiger partial charge is 0.0338 e. The van der Waals surface area contributed by atoms with Crippen LogP contribution in [0.1, 0.15) is 46.1 Å². The van der Waals surface area contributed by atoms with Gasteiger partial charge in [0.05, 0.1) is 0 Å². The van der Waals surface area contributed by atoms with Gasteiger partial charge in [0.2, 0.25) is 0 Å². The molecule has 3 nitrogen and oxygen atoms in total. The summed E-state index contributed by atoms with van der Waals surface area (Å²) in [7, 11) is 0. The summed E-state index contributed by atoms with van der Waals surface area (Å²) < 4.78 is 0. The maximum absolute atomic E-state index is 4.28. The number of nitrogens with zero attached hydrogens (tertiary/aromatic N) is 2. The van der Waals surface area contributed by atoms with Crippen molar-refractivity contribution in [3.05, 3.63) is 30.1 Å². The van der Waals surface area contributed by atoms with E-state index in [1.54, 1.807) is 0 Å². The molecule has 3 heteroatoms. The molecule has 2 heterocycles. The first-order valence-corrected chi connectivity index (χ1v) is 8.27. The van der Waals surface area contributed by atoms with Crippen LogP contribution >= 0.6 is 0 Å². The van der Waals surface area contributed by atoms with Crippen LogP contribution in [0, 0.1) is 11.3 Å². The molecule has 1 saturated carbocycles. The van der Waals surface area contributed by atoms with Crippen LogP contribution in [0.5, 0.6) is 0 Å². The van der Waals surface area contributed by atoms with Crippen LogP contribution in [-0.2, 0) is 6.54 Å². The Balaban J connectivity index is 1.80. The van der Waals surface area contributed by atoms with Crippen molar-refractivity contribution in [2.75, 3.05) is 13.1 Å². The van der Waals surface area contributed by atoms with Crippen LogP contribution in [0.25, 0.3) is 0 Å². The first kappa shape index (κ1) is 15.0. The van der Waals surface area contributed by atoms with Gasteiger partial charge in [-0.25, -0.2) is 0 Å². The van der Waals surface area contributed by atoms with E-state index in [2.05, 4.69) is 49.0 Å². The summed E-state index contributed by atoms with van der Waals surface area (Å²) in [6.07, 6.45) is 6.66. The molecule has 2 fully saturated rings. The summed E-state index contributed by atoms with van der Waals surface area (Å²) in [5.41, 5.74) is 1.94. The van der Waals surface area contributed by atoms with Crippen LogP contribution < -0.4 is 5.32 Å². The summed E-state index contributed by atoms with van der Waals surface area (Å²) >= 11 is 0. The van der Waals surface area contributed by atoms with Crippen molar-refractivity contribution < 1.29 is 0 Å². The molecular weight excluding hydrogens is 258 g/mol. The van der Waals surface area contributed by atoms with Crippen molar-refractivity contribution in [3.8, 4) is 0 Å². The molecule has 0 amide bonds. The fourth-order valence-electron chi connectivity index (χ4n) is 3.58. The maximum Gasteiger partial charge on any atom is 0.0338 e. The van der Waals surface area contributed by atoms with Crippen molar-refractivity contribution >= 4 is 0 Å².